The number of ether oxygens (including phenoxy) is 1. The Morgan fingerprint density at radius 1 is 1.30 bits per heavy atom. The maximum atomic E-state index is 5.11. The Morgan fingerprint density at radius 2 is 2.09 bits per heavy atom. The number of guanidine groups is 1. The number of rotatable bonds is 7. The number of nitrogens with one attached hydrogen (secondary N) is 2. The Bertz CT molecular complexity index is 608. The highest BCUT2D eigenvalue weighted by Gasteiger charge is 2.05. The van der Waals surface area contributed by atoms with Gasteiger partial charge < -0.3 is 15.4 Å². The monoisotopic (exact) mass is 315 g/mol. The van der Waals surface area contributed by atoms with Gasteiger partial charge in [0.2, 0.25) is 0 Å². The largest absolute Gasteiger partial charge is 0.383 e. The topological polar surface area (TPSA) is 63.5 Å². The zero-order valence-corrected chi connectivity index (χ0v) is 14.0. The third kappa shape index (κ3) is 5.75. The van der Waals surface area contributed by atoms with E-state index < -0.39 is 0 Å². The van der Waals surface area contributed by atoms with Gasteiger partial charge >= 0.3 is 0 Å². The van der Waals surface area contributed by atoms with E-state index in [0.29, 0.717) is 13.2 Å². The lowest BCUT2D eigenvalue weighted by atomic mass is 10.2. The van der Waals surface area contributed by atoms with Crippen LogP contribution in [0.2, 0.25) is 0 Å². The van der Waals surface area contributed by atoms with E-state index >= 15 is 0 Å². The zero-order chi connectivity index (χ0) is 16.5. The third-order valence-electron chi connectivity index (χ3n) is 3.36. The molecule has 0 amide bonds. The quantitative estimate of drug-likeness (QED) is 0.602. The van der Waals surface area contributed by atoms with Gasteiger partial charge in [0.15, 0.2) is 5.96 Å². The molecule has 0 bridgehead atoms. The fourth-order valence-electron chi connectivity index (χ4n) is 2.26. The van der Waals surface area contributed by atoms with Gasteiger partial charge in [0.25, 0.3) is 0 Å². The van der Waals surface area contributed by atoms with Gasteiger partial charge in [-0.05, 0) is 12.5 Å². The second-order valence-corrected chi connectivity index (χ2v) is 5.46. The van der Waals surface area contributed by atoms with E-state index in [4.69, 9.17) is 4.74 Å². The van der Waals surface area contributed by atoms with Crippen molar-refractivity contribution in [3.05, 3.63) is 53.9 Å². The SMILES string of the molecule is CN=C(NCc1cnn(Cc2ccccc2)c1)NC(C)COC. The molecule has 0 aliphatic carbocycles. The highest BCUT2D eigenvalue weighted by molar-refractivity contribution is 5.79. The number of hydrogen-bond acceptors (Lipinski definition) is 3. The van der Waals surface area contributed by atoms with Crippen LogP contribution in [0, 0.1) is 0 Å². The molecule has 0 saturated heterocycles. The van der Waals surface area contributed by atoms with E-state index in [9.17, 15) is 0 Å². The maximum Gasteiger partial charge on any atom is 0.191 e. The second-order valence-electron chi connectivity index (χ2n) is 5.46. The fourth-order valence-corrected chi connectivity index (χ4v) is 2.26. The first-order valence-electron chi connectivity index (χ1n) is 7.72. The molecule has 0 spiro atoms. The number of aliphatic imine (C=N–C) groups is 1. The summed E-state index contributed by atoms with van der Waals surface area (Å²) in [6.07, 6.45) is 3.92. The average molecular weight is 315 g/mol. The van der Waals surface area contributed by atoms with E-state index in [0.717, 1.165) is 18.1 Å². The van der Waals surface area contributed by atoms with Crippen molar-refractivity contribution in [2.24, 2.45) is 4.99 Å². The molecule has 0 saturated carbocycles. The molecule has 6 nitrogen and oxygen atoms in total. The lowest BCUT2D eigenvalue weighted by Crippen LogP contribution is -2.43. The van der Waals surface area contributed by atoms with Crippen LogP contribution in [0.5, 0.6) is 0 Å². The molecule has 1 unspecified atom stereocenters. The summed E-state index contributed by atoms with van der Waals surface area (Å²) in [6, 6.07) is 10.5. The average Bonchev–Trinajstić information content (AvgIpc) is 3.00. The first-order valence-corrected chi connectivity index (χ1v) is 7.72. The summed E-state index contributed by atoms with van der Waals surface area (Å²) in [6.45, 7) is 4.14. The summed E-state index contributed by atoms with van der Waals surface area (Å²) in [7, 11) is 3.45. The van der Waals surface area contributed by atoms with Crippen molar-refractivity contribution in [3.8, 4) is 0 Å². The Morgan fingerprint density at radius 3 is 2.78 bits per heavy atom. The Labute approximate surface area is 137 Å². The standard InChI is InChI=1S/C17H25N5O/c1-14(13-23-3)21-17(18-2)19-9-16-10-20-22(12-16)11-15-7-5-4-6-8-15/h4-8,10,12,14H,9,11,13H2,1-3H3,(H2,18,19,21). The zero-order valence-electron chi connectivity index (χ0n) is 14.0. The van der Waals surface area contributed by atoms with Crippen molar-refractivity contribution < 1.29 is 4.74 Å². The van der Waals surface area contributed by atoms with Crippen molar-refractivity contribution in [1.29, 1.82) is 0 Å². The molecule has 2 aromatic rings. The second kappa shape index (κ2) is 8.95. The van der Waals surface area contributed by atoms with Crippen molar-refractivity contribution in [2.45, 2.75) is 26.1 Å². The third-order valence-corrected chi connectivity index (χ3v) is 3.36. The summed E-state index contributed by atoms with van der Waals surface area (Å²) in [4.78, 5) is 4.21. The van der Waals surface area contributed by atoms with E-state index in [1.54, 1.807) is 14.2 Å². The van der Waals surface area contributed by atoms with Crippen LogP contribution in [0.25, 0.3) is 0 Å². The highest BCUT2D eigenvalue weighted by Crippen LogP contribution is 2.03. The van der Waals surface area contributed by atoms with Gasteiger partial charge in [-0.2, -0.15) is 5.10 Å². The molecule has 1 aromatic heterocycles. The maximum absolute atomic E-state index is 5.11. The predicted molar refractivity (Wildman–Crippen MR) is 92.4 cm³/mol. The minimum atomic E-state index is 0.201. The van der Waals surface area contributed by atoms with Gasteiger partial charge in [-0.25, -0.2) is 0 Å². The molecule has 1 aromatic carbocycles. The molecule has 2 rings (SSSR count). The summed E-state index contributed by atoms with van der Waals surface area (Å²) >= 11 is 0. The smallest absolute Gasteiger partial charge is 0.191 e. The van der Waals surface area contributed by atoms with E-state index in [-0.39, 0.29) is 6.04 Å². The minimum Gasteiger partial charge on any atom is -0.383 e. The molecule has 2 N–H and O–H groups in total. The molecule has 0 radical (unpaired) electrons. The summed E-state index contributed by atoms with van der Waals surface area (Å²) < 4.78 is 7.05. The van der Waals surface area contributed by atoms with Crippen LogP contribution in [0.15, 0.2) is 47.7 Å². The predicted octanol–water partition coefficient (Wildman–Crippen LogP) is 1.63. The van der Waals surface area contributed by atoms with E-state index in [1.807, 2.05) is 42.2 Å². The first kappa shape index (κ1) is 17.0. The molecular weight excluding hydrogens is 290 g/mol. The van der Waals surface area contributed by atoms with Gasteiger partial charge in [0.05, 0.1) is 19.3 Å². The first-order chi connectivity index (χ1) is 11.2. The molecule has 0 aliphatic heterocycles. The van der Waals surface area contributed by atoms with Crippen LogP contribution in [-0.4, -0.2) is 42.5 Å². The van der Waals surface area contributed by atoms with Crippen molar-refractivity contribution >= 4 is 5.96 Å². The van der Waals surface area contributed by atoms with Crippen molar-refractivity contribution in [2.75, 3.05) is 20.8 Å². The van der Waals surface area contributed by atoms with Crippen molar-refractivity contribution in [3.63, 3.8) is 0 Å². The van der Waals surface area contributed by atoms with Crippen LogP contribution in [0.3, 0.4) is 0 Å². The normalized spacial score (nSPS) is 12.9. The number of hydrogen-bond donors (Lipinski definition) is 2. The number of methoxy groups -OCH3 is 1. The van der Waals surface area contributed by atoms with Crippen LogP contribution in [-0.2, 0) is 17.8 Å². The number of nitrogens with zero attached hydrogens (tertiary/aromatic N) is 3. The number of aromatic nitrogens is 2. The Kier molecular flexibility index (Phi) is 6.62. The van der Waals surface area contributed by atoms with Gasteiger partial charge in [-0.3, -0.25) is 9.67 Å². The van der Waals surface area contributed by atoms with Gasteiger partial charge in [-0.15, -0.1) is 0 Å². The van der Waals surface area contributed by atoms with Crippen molar-refractivity contribution in [1.82, 2.24) is 20.4 Å². The van der Waals surface area contributed by atoms with E-state index in [1.165, 1.54) is 5.56 Å². The van der Waals surface area contributed by atoms with Crippen LogP contribution < -0.4 is 10.6 Å². The van der Waals surface area contributed by atoms with E-state index in [2.05, 4.69) is 32.9 Å². The summed E-state index contributed by atoms with van der Waals surface area (Å²) in [5, 5.41) is 11.0. The lowest BCUT2D eigenvalue weighted by Gasteiger charge is -2.16. The molecule has 1 heterocycles. The molecule has 6 heteroatoms. The molecule has 124 valence electrons. The van der Waals surface area contributed by atoms with Gasteiger partial charge in [0.1, 0.15) is 0 Å². The molecule has 0 aliphatic rings. The lowest BCUT2D eigenvalue weighted by molar-refractivity contribution is 0.179. The van der Waals surface area contributed by atoms with Crippen LogP contribution in [0.1, 0.15) is 18.1 Å². The van der Waals surface area contributed by atoms with Crippen LogP contribution >= 0.6 is 0 Å². The van der Waals surface area contributed by atoms with Crippen LogP contribution in [0.4, 0.5) is 0 Å². The molecule has 23 heavy (non-hydrogen) atoms. The fraction of sp³-hybridized carbons (Fsp3) is 0.412. The number of benzene rings is 1. The Balaban J connectivity index is 1.84. The summed E-state index contributed by atoms with van der Waals surface area (Å²) in [5.41, 5.74) is 2.35. The highest BCUT2D eigenvalue weighted by atomic mass is 16.5. The van der Waals surface area contributed by atoms with Gasteiger partial charge in [-0.1, -0.05) is 30.3 Å². The van der Waals surface area contributed by atoms with Gasteiger partial charge in [0, 0.05) is 38.5 Å². The molecular formula is C17H25N5O. The minimum absolute atomic E-state index is 0.201. The molecule has 0 fully saturated rings. The Hall–Kier alpha value is -2.34. The summed E-state index contributed by atoms with van der Waals surface area (Å²) in [5.74, 6) is 0.755. The molecule has 1 atom stereocenters.